The van der Waals surface area contributed by atoms with Crippen molar-refractivity contribution in [3.63, 3.8) is 0 Å². The van der Waals surface area contributed by atoms with Crippen LogP contribution < -0.4 is 26.6 Å². The highest BCUT2D eigenvalue weighted by Crippen LogP contribution is 2.36. The molecular formula is C31H29FIN5O5. The lowest BCUT2D eigenvalue weighted by Gasteiger charge is -2.39. The van der Waals surface area contributed by atoms with E-state index in [1.54, 1.807) is 68.6 Å². The molecule has 0 saturated carbocycles. The molecule has 1 aliphatic heterocycles. The summed E-state index contributed by atoms with van der Waals surface area (Å²) < 4.78 is 23.4. The van der Waals surface area contributed by atoms with Crippen molar-refractivity contribution in [2.45, 2.75) is 32.5 Å². The standard InChI is InChI=1S/C31H29FIN5O5/c1-17-27-26(28(36(3)29(17)40)35-25-13-10-20(33)14-24(25)32)30(41)37(16-19-8-11-23(43-4)12-9-19)31(42)38(27)22-7-5-6-21(15-22)34-18(2)39/h5-15,17,28,35H,16H2,1-4H3,(H,34,39). The lowest BCUT2D eigenvalue weighted by atomic mass is 9.93. The molecule has 2 heterocycles. The van der Waals surface area contributed by atoms with E-state index < -0.39 is 29.1 Å². The average molecular weight is 698 g/mol. The number of rotatable bonds is 7. The van der Waals surface area contributed by atoms with Gasteiger partial charge in [0, 0.05) is 23.2 Å². The predicted octanol–water partition coefficient (Wildman–Crippen LogP) is 4.44. The Balaban J connectivity index is 1.79. The molecule has 1 aliphatic rings. The number of hydrogen-bond acceptors (Lipinski definition) is 6. The zero-order chi connectivity index (χ0) is 31.0. The zero-order valence-electron chi connectivity index (χ0n) is 23.9. The van der Waals surface area contributed by atoms with Gasteiger partial charge in [0.15, 0.2) is 0 Å². The molecule has 4 aromatic rings. The largest absolute Gasteiger partial charge is 0.497 e. The van der Waals surface area contributed by atoms with Gasteiger partial charge in [-0.1, -0.05) is 18.2 Å². The first kappa shape index (κ1) is 30.0. The summed E-state index contributed by atoms with van der Waals surface area (Å²) in [6.07, 6.45) is -1.09. The van der Waals surface area contributed by atoms with Crippen LogP contribution in [-0.2, 0) is 16.1 Å². The van der Waals surface area contributed by atoms with Crippen LogP contribution in [0.3, 0.4) is 0 Å². The molecule has 222 valence electrons. The Kier molecular flexibility index (Phi) is 8.40. The molecule has 0 radical (unpaired) electrons. The highest BCUT2D eigenvalue weighted by molar-refractivity contribution is 14.1. The topological polar surface area (TPSA) is 115 Å². The minimum atomic E-state index is -1.09. The van der Waals surface area contributed by atoms with Crippen molar-refractivity contribution in [3.05, 3.63) is 114 Å². The fourth-order valence-corrected chi connectivity index (χ4v) is 5.72. The number of carbonyl (C=O) groups excluding carboxylic acids is 2. The molecule has 3 aromatic carbocycles. The maximum Gasteiger partial charge on any atom is 0.336 e. The number of methoxy groups -OCH3 is 1. The van der Waals surface area contributed by atoms with Crippen LogP contribution in [0.1, 0.15) is 42.8 Å². The van der Waals surface area contributed by atoms with Gasteiger partial charge in [0.1, 0.15) is 17.7 Å². The second-order valence-corrected chi connectivity index (χ2v) is 11.5. The summed E-state index contributed by atoms with van der Waals surface area (Å²) in [6.45, 7) is 2.92. The summed E-state index contributed by atoms with van der Waals surface area (Å²) in [5.74, 6) is -1.49. The summed E-state index contributed by atoms with van der Waals surface area (Å²) in [5, 5.41) is 5.75. The number of likely N-dealkylation sites (N-methyl/N-ethyl adjacent to an activating group) is 1. The van der Waals surface area contributed by atoms with E-state index >= 15 is 4.39 Å². The molecule has 2 unspecified atom stereocenters. The second-order valence-electron chi connectivity index (χ2n) is 10.2. The molecule has 0 fully saturated rings. The first-order chi connectivity index (χ1) is 20.5. The number of amides is 2. The van der Waals surface area contributed by atoms with E-state index in [0.29, 0.717) is 26.3 Å². The smallest absolute Gasteiger partial charge is 0.336 e. The second kappa shape index (κ2) is 12.0. The van der Waals surface area contributed by atoms with Gasteiger partial charge in [0.2, 0.25) is 11.8 Å². The number of halogens is 2. The Labute approximate surface area is 260 Å². The van der Waals surface area contributed by atoms with Crippen molar-refractivity contribution >= 4 is 45.8 Å². The number of anilines is 2. The molecular weight excluding hydrogens is 668 g/mol. The molecule has 2 atom stereocenters. The van der Waals surface area contributed by atoms with Crippen molar-refractivity contribution in [3.8, 4) is 11.4 Å². The predicted molar refractivity (Wildman–Crippen MR) is 169 cm³/mol. The molecule has 5 rings (SSSR count). The first-order valence-electron chi connectivity index (χ1n) is 13.4. The third-order valence-corrected chi connectivity index (χ3v) is 8.02. The summed E-state index contributed by atoms with van der Waals surface area (Å²) in [4.78, 5) is 55.2. The van der Waals surface area contributed by atoms with Crippen LogP contribution in [0.15, 0.2) is 76.3 Å². The van der Waals surface area contributed by atoms with Crippen molar-refractivity contribution in [1.82, 2.24) is 14.0 Å². The van der Waals surface area contributed by atoms with Gasteiger partial charge in [0.25, 0.3) is 5.56 Å². The van der Waals surface area contributed by atoms with Gasteiger partial charge in [-0.2, -0.15) is 0 Å². The highest BCUT2D eigenvalue weighted by atomic mass is 127. The number of aromatic nitrogens is 2. The summed E-state index contributed by atoms with van der Waals surface area (Å²) in [7, 11) is 3.07. The van der Waals surface area contributed by atoms with Gasteiger partial charge in [-0.15, -0.1) is 0 Å². The lowest BCUT2D eigenvalue weighted by Crippen LogP contribution is -2.52. The number of ether oxygens (including phenoxy) is 1. The van der Waals surface area contributed by atoms with E-state index in [-0.39, 0.29) is 35.3 Å². The maximum atomic E-state index is 15.0. The fraction of sp³-hybridized carbons (Fsp3) is 0.226. The van der Waals surface area contributed by atoms with Crippen LogP contribution >= 0.6 is 22.6 Å². The van der Waals surface area contributed by atoms with Crippen LogP contribution in [0.5, 0.6) is 5.75 Å². The molecule has 10 nitrogen and oxygen atoms in total. The fourth-order valence-electron chi connectivity index (χ4n) is 5.26. The Bertz CT molecular complexity index is 1850. The number of hydrogen-bond donors (Lipinski definition) is 2. The van der Waals surface area contributed by atoms with Gasteiger partial charge < -0.3 is 20.3 Å². The zero-order valence-corrected chi connectivity index (χ0v) is 26.0. The third-order valence-electron chi connectivity index (χ3n) is 7.35. The first-order valence-corrected chi connectivity index (χ1v) is 14.5. The van der Waals surface area contributed by atoms with Crippen LogP contribution in [0.4, 0.5) is 15.8 Å². The van der Waals surface area contributed by atoms with Crippen LogP contribution in [-0.4, -0.2) is 40.0 Å². The number of benzene rings is 3. The number of nitrogens with zero attached hydrogens (tertiary/aromatic N) is 3. The van der Waals surface area contributed by atoms with Gasteiger partial charge in [-0.3, -0.25) is 23.5 Å². The van der Waals surface area contributed by atoms with E-state index in [1.807, 2.05) is 22.6 Å². The minimum absolute atomic E-state index is 0.0724. The van der Waals surface area contributed by atoms with Gasteiger partial charge >= 0.3 is 5.69 Å². The highest BCUT2D eigenvalue weighted by Gasteiger charge is 2.41. The Morgan fingerprint density at radius 3 is 2.42 bits per heavy atom. The number of carbonyl (C=O) groups is 2. The van der Waals surface area contributed by atoms with Crippen LogP contribution in [0, 0.1) is 9.39 Å². The quantitative estimate of drug-likeness (QED) is 0.276. The lowest BCUT2D eigenvalue weighted by molar-refractivity contribution is -0.134. The Morgan fingerprint density at radius 2 is 1.77 bits per heavy atom. The van der Waals surface area contributed by atoms with Gasteiger partial charge in [-0.25, -0.2) is 9.18 Å². The monoisotopic (exact) mass is 697 g/mol. The van der Waals surface area contributed by atoms with Gasteiger partial charge in [0.05, 0.1) is 42.2 Å². The van der Waals surface area contributed by atoms with Crippen molar-refractivity contribution in [2.75, 3.05) is 24.8 Å². The van der Waals surface area contributed by atoms with E-state index in [2.05, 4.69) is 10.6 Å². The molecule has 0 bridgehead atoms. The van der Waals surface area contributed by atoms with E-state index in [9.17, 15) is 19.2 Å². The molecule has 0 spiro atoms. The molecule has 0 aliphatic carbocycles. The average Bonchev–Trinajstić information content (AvgIpc) is 2.97. The molecule has 2 amide bonds. The van der Waals surface area contributed by atoms with Crippen molar-refractivity contribution < 1.29 is 18.7 Å². The number of nitrogens with one attached hydrogen (secondary N) is 2. The normalized spacial score (nSPS) is 16.0. The SMILES string of the molecule is COc1ccc(Cn2c(=O)c3c(n(-c4cccc(NC(C)=O)c4)c2=O)C(C)C(=O)N(C)C3Nc2ccc(I)cc2F)cc1. The summed E-state index contributed by atoms with van der Waals surface area (Å²) >= 11 is 1.99. The third kappa shape index (κ3) is 5.78. The minimum Gasteiger partial charge on any atom is -0.497 e. The van der Waals surface area contributed by atoms with E-state index in [0.717, 1.165) is 4.57 Å². The van der Waals surface area contributed by atoms with Crippen LogP contribution in [0.2, 0.25) is 0 Å². The molecule has 0 saturated heterocycles. The number of fused-ring (bicyclic) bond motifs is 1. The summed E-state index contributed by atoms with van der Waals surface area (Å²) in [5.41, 5.74) is 0.582. The maximum absolute atomic E-state index is 15.0. The molecule has 43 heavy (non-hydrogen) atoms. The van der Waals surface area contributed by atoms with E-state index in [4.69, 9.17) is 4.74 Å². The van der Waals surface area contributed by atoms with Gasteiger partial charge in [-0.05, 0) is 83.6 Å². The van der Waals surface area contributed by atoms with Crippen molar-refractivity contribution in [1.29, 1.82) is 0 Å². The molecule has 12 heteroatoms. The summed E-state index contributed by atoms with van der Waals surface area (Å²) in [6, 6.07) is 18.1. The Hall–Kier alpha value is -4.46. The Morgan fingerprint density at radius 1 is 1.05 bits per heavy atom. The molecule has 2 N–H and O–H groups in total. The van der Waals surface area contributed by atoms with Crippen molar-refractivity contribution in [2.24, 2.45) is 0 Å². The van der Waals surface area contributed by atoms with Crippen LogP contribution in [0.25, 0.3) is 5.69 Å². The van der Waals surface area contributed by atoms with E-state index in [1.165, 1.54) is 35.6 Å². The molecule has 1 aromatic heterocycles.